The van der Waals surface area contributed by atoms with Gasteiger partial charge in [0.05, 0.1) is 5.02 Å². The molecule has 0 bridgehead atoms. The Morgan fingerprint density at radius 1 is 1.11 bits per heavy atom. The van der Waals surface area contributed by atoms with E-state index in [0.29, 0.717) is 0 Å². The van der Waals surface area contributed by atoms with Crippen LogP contribution >= 0.6 is 23.2 Å². The summed E-state index contributed by atoms with van der Waals surface area (Å²) in [6, 6.07) is 5.13. The van der Waals surface area contributed by atoms with E-state index in [0.717, 1.165) is 6.07 Å². The fourth-order valence-electron chi connectivity index (χ4n) is 1.27. The first-order valence-electron chi connectivity index (χ1n) is 4.64. The number of benzene rings is 1. The number of sulfonamides is 1. The highest BCUT2D eigenvalue weighted by Crippen LogP contribution is 2.26. The van der Waals surface area contributed by atoms with Gasteiger partial charge in [-0.1, -0.05) is 23.2 Å². The van der Waals surface area contributed by atoms with E-state index in [9.17, 15) is 13.2 Å². The highest BCUT2D eigenvalue weighted by atomic mass is 35.5. The monoisotopic (exact) mass is 307 g/mol. The lowest BCUT2D eigenvalue weighted by atomic mass is 10.4. The Labute approximate surface area is 112 Å². The number of H-pyrrole nitrogens is 2. The number of hydrogen-bond acceptors (Lipinski definition) is 3. The van der Waals surface area contributed by atoms with Crippen molar-refractivity contribution in [3.63, 3.8) is 0 Å². The third-order valence-electron chi connectivity index (χ3n) is 2.02. The molecule has 0 saturated heterocycles. The highest BCUT2D eigenvalue weighted by molar-refractivity contribution is 7.92. The molecular weight excluding hydrogens is 301 g/mol. The van der Waals surface area contributed by atoms with Gasteiger partial charge in [0, 0.05) is 11.1 Å². The molecule has 0 spiro atoms. The highest BCUT2D eigenvalue weighted by Gasteiger charge is 2.19. The molecule has 2 rings (SSSR count). The number of aromatic nitrogens is 2. The molecule has 9 heteroatoms. The van der Waals surface area contributed by atoms with Gasteiger partial charge in [0.15, 0.2) is 0 Å². The summed E-state index contributed by atoms with van der Waals surface area (Å²) in [5.41, 5.74) is -0.454. The maximum Gasteiger partial charge on any atom is 0.266 e. The summed E-state index contributed by atoms with van der Waals surface area (Å²) in [7, 11) is -3.91. The van der Waals surface area contributed by atoms with Crippen molar-refractivity contribution in [2.45, 2.75) is 4.90 Å². The number of rotatable bonds is 3. The van der Waals surface area contributed by atoms with Crippen molar-refractivity contribution in [2.24, 2.45) is 0 Å². The van der Waals surface area contributed by atoms with Gasteiger partial charge in [-0.3, -0.25) is 19.7 Å². The van der Waals surface area contributed by atoms with Crippen molar-refractivity contribution >= 4 is 39.0 Å². The Balaban J connectivity index is 2.42. The number of hydrogen-bond donors (Lipinski definition) is 3. The Bertz CT molecular complexity index is 736. The Kier molecular flexibility index (Phi) is 3.38. The lowest BCUT2D eigenvalue weighted by Crippen LogP contribution is -2.13. The van der Waals surface area contributed by atoms with Crippen molar-refractivity contribution in [2.75, 3.05) is 4.72 Å². The van der Waals surface area contributed by atoms with Gasteiger partial charge in [0.25, 0.3) is 15.6 Å². The summed E-state index contributed by atoms with van der Waals surface area (Å²) in [6.45, 7) is 0. The first-order valence-corrected chi connectivity index (χ1v) is 6.88. The fourth-order valence-corrected chi connectivity index (χ4v) is 3.05. The molecule has 3 N–H and O–H groups in total. The zero-order valence-corrected chi connectivity index (χ0v) is 11.0. The second-order valence-electron chi connectivity index (χ2n) is 3.35. The molecule has 0 aliphatic carbocycles. The summed E-state index contributed by atoms with van der Waals surface area (Å²) >= 11 is 11.5. The molecule has 0 atom stereocenters. The Morgan fingerprint density at radius 3 is 2.44 bits per heavy atom. The number of anilines is 1. The van der Waals surface area contributed by atoms with Crippen molar-refractivity contribution in [3.05, 3.63) is 44.7 Å². The normalized spacial score (nSPS) is 11.4. The predicted molar refractivity (Wildman–Crippen MR) is 68.7 cm³/mol. The van der Waals surface area contributed by atoms with E-state index < -0.39 is 15.6 Å². The van der Waals surface area contributed by atoms with E-state index in [1.54, 1.807) is 0 Å². The topological polar surface area (TPSA) is 94.8 Å². The molecule has 0 fully saturated rings. The van der Waals surface area contributed by atoms with Gasteiger partial charge >= 0.3 is 0 Å². The van der Waals surface area contributed by atoms with E-state index in [1.807, 2.05) is 0 Å². The van der Waals surface area contributed by atoms with Crippen LogP contribution in [0.25, 0.3) is 0 Å². The minimum atomic E-state index is -3.91. The first-order chi connectivity index (χ1) is 8.38. The van der Waals surface area contributed by atoms with Gasteiger partial charge in [0.1, 0.15) is 10.7 Å². The van der Waals surface area contributed by atoms with Crippen molar-refractivity contribution in [1.82, 2.24) is 10.2 Å². The molecule has 2 aromatic rings. The average molecular weight is 308 g/mol. The van der Waals surface area contributed by atoms with Crippen LogP contribution in [0.4, 0.5) is 5.82 Å². The van der Waals surface area contributed by atoms with E-state index in [4.69, 9.17) is 23.2 Å². The van der Waals surface area contributed by atoms with Gasteiger partial charge in [0.2, 0.25) is 0 Å². The van der Waals surface area contributed by atoms with E-state index >= 15 is 0 Å². The van der Waals surface area contributed by atoms with Crippen LogP contribution in [0.15, 0.2) is 34.0 Å². The quantitative estimate of drug-likeness (QED) is 0.807. The zero-order chi connectivity index (χ0) is 13.3. The van der Waals surface area contributed by atoms with Gasteiger partial charge in [-0.25, -0.2) is 8.42 Å². The van der Waals surface area contributed by atoms with Gasteiger partial charge in [-0.15, -0.1) is 0 Å². The van der Waals surface area contributed by atoms with Gasteiger partial charge < -0.3 is 0 Å². The first kappa shape index (κ1) is 13.0. The summed E-state index contributed by atoms with van der Waals surface area (Å²) in [4.78, 5) is 10.7. The molecule has 0 radical (unpaired) electrons. The fraction of sp³-hybridized carbons (Fsp3) is 0. The Hall–Kier alpha value is -1.44. The maximum absolute atomic E-state index is 12.0. The van der Waals surface area contributed by atoms with E-state index in [-0.39, 0.29) is 20.8 Å². The van der Waals surface area contributed by atoms with Crippen LogP contribution < -0.4 is 10.3 Å². The lowest BCUT2D eigenvalue weighted by molar-refractivity contribution is 0.601. The van der Waals surface area contributed by atoms with E-state index in [1.165, 1.54) is 18.2 Å². The summed E-state index contributed by atoms with van der Waals surface area (Å²) in [6.07, 6.45) is 0. The summed E-state index contributed by atoms with van der Waals surface area (Å²) < 4.78 is 26.2. The van der Waals surface area contributed by atoms with E-state index in [2.05, 4.69) is 14.9 Å². The zero-order valence-electron chi connectivity index (χ0n) is 8.70. The molecule has 0 amide bonds. The second-order valence-corrected chi connectivity index (χ2v) is 5.85. The lowest BCUT2D eigenvalue weighted by Gasteiger charge is -2.07. The molecule has 0 saturated carbocycles. The van der Waals surface area contributed by atoms with Gasteiger partial charge in [-0.2, -0.15) is 0 Å². The molecule has 1 aromatic heterocycles. The summed E-state index contributed by atoms with van der Waals surface area (Å²) in [5, 5.41) is 4.83. The van der Waals surface area contributed by atoms with Crippen LogP contribution in [0.2, 0.25) is 10.0 Å². The molecule has 96 valence electrons. The molecule has 6 nitrogen and oxygen atoms in total. The Morgan fingerprint density at radius 2 is 1.83 bits per heavy atom. The maximum atomic E-state index is 12.0. The molecule has 0 aliphatic rings. The standard InChI is InChI=1S/C9H7Cl2N3O3S/c10-5-1-2-6(11)7(3-5)18(16,17)14-8-4-9(15)13-12-8/h1-4H,(H3,12,13,14,15). The van der Waals surface area contributed by atoms with Crippen molar-refractivity contribution in [1.29, 1.82) is 0 Å². The molecule has 18 heavy (non-hydrogen) atoms. The average Bonchev–Trinajstić information content (AvgIpc) is 2.66. The van der Waals surface area contributed by atoms with Crippen LogP contribution in [-0.4, -0.2) is 18.6 Å². The van der Waals surface area contributed by atoms with Crippen molar-refractivity contribution in [3.8, 4) is 0 Å². The third-order valence-corrected chi connectivity index (χ3v) is 4.11. The predicted octanol–water partition coefficient (Wildman–Crippen LogP) is 1.81. The largest absolute Gasteiger partial charge is 0.283 e. The number of aromatic amines is 2. The van der Waals surface area contributed by atoms with Crippen molar-refractivity contribution < 1.29 is 8.42 Å². The molecule has 1 aromatic carbocycles. The number of halogens is 2. The van der Waals surface area contributed by atoms with Crippen LogP contribution in [0.1, 0.15) is 0 Å². The second kappa shape index (κ2) is 4.68. The number of nitrogens with one attached hydrogen (secondary N) is 3. The molecule has 0 unspecified atom stereocenters. The minimum absolute atomic E-state index is 0.0102. The smallest absolute Gasteiger partial charge is 0.266 e. The van der Waals surface area contributed by atoms with Crippen LogP contribution in [0, 0.1) is 0 Å². The molecule has 0 aliphatic heterocycles. The third kappa shape index (κ3) is 2.69. The molecular formula is C9H7Cl2N3O3S. The van der Waals surface area contributed by atoms with Crippen LogP contribution in [0.3, 0.4) is 0 Å². The minimum Gasteiger partial charge on any atom is -0.283 e. The SMILES string of the molecule is O=c1cc(NS(=O)(=O)c2cc(Cl)ccc2Cl)[nH][nH]1. The van der Waals surface area contributed by atoms with Crippen LogP contribution in [-0.2, 0) is 10.0 Å². The molecule has 1 heterocycles. The summed E-state index contributed by atoms with van der Waals surface area (Å²) in [5.74, 6) is 0.0102. The van der Waals surface area contributed by atoms with Gasteiger partial charge in [-0.05, 0) is 18.2 Å². The van der Waals surface area contributed by atoms with Crippen LogP contribution in [0.5, 0.6) is 0 Å².